The normalized spacial score (nSPS) is 28.3. The molecule has 6 atom stereocenters. The van der Waals surface area contributed by atoms with Crippen molar-refractivity contribution >= 4 is 11.8 Å². The summed E-state index contributed by atoms with van der Waals surface area (Å²) in [5.41, 5.74) is 0.473. The average Bonchev–Trinajstić information content (AvgIpc) is 3.66. The number of nitrogens with zero attached hydrogens (tertiary/aromatic N) is 5. The van der Waals surface area contributed by atoms with Crippen LogP contribution < -0.4 is 0 Å². The fourth-order valence-corrected chi connectivity index (χ4v) is 5.79. The molecule has 0 spiro atoms. The van der Waals surface area contributed by atoms with Crippen LogP contribution in [0.25, 0.3) is 11.3 Å². The smallest absolute Gasteiger partial charge is 0.407 e. The standard InChI is InChI=1S/C26H30F5N5O7/c27-15-5-13(6-16(28)22(15)31)18-9-36(34-32-18)23-24(38)20(10-37)42-19(25(23)41-11-21(29)30)8-14-7-17(33-43-14)12-1-3-35(4-2-12)26(39)40/h5-6,9,12,14,19-21,23-25,37-38H,1-4,7-8,10-11H2,(H,39,40)/t14?,19-,20-,23+,24+,25+/m1/s1. The molecule has 43 heavy (non-hydrogen) atoms. The Morgan fingerprint density at radius 3 is 2.47 bits per heavy atom. The first-order chi connectivity index (χ1) is 20.5. The lowest BCUT2D eigenvalue weighted by atomic mass is 9.86. The summed E-state index contributed by atoms with van der Waals surface area (Å²) in [6.45, 7) is -0.967. The minimum absolute atomic E-state index is 0.00761. The summed E-state index contributed by atoms with van der Waals surface area (Å²) >= 11 is 0. The van der Waals surface area contributed by atoms with Crippen molar-refractivity contribution in [2.75, 3.05) is 26.3 Å². The van der Waals surface area contributed by atoms with Crippen LogP contribution in [-0.4, -0.2) is 110 Å². The lowest BCUT2D eigenvalue weighted by Gasteiger charge is -2.44. The summed E-state index contributed by atoms with van der Waals surface area (Å²) in [7, 11) is 0. The van der Waals surface area contributed by atoms with Gasteiger partial charge in [0.05, 0.1) is 24.6 Å². The summed E-state index contributed by atoms with van der Waals surface area (Å²) in [6.07, 6.45) is -6.69. The van der Waals surface area contributed by atoms with Gasteiger partial charge in [0.25, 0.3) is 6.43 Å². The molecule has 2 fully saturated rings. The highest BCUT2D eigenvalue weighted by atomic mass is 19.3. The molecule has 4 heterocycles. The number of carbonyl (C=O) groups is 1. The molecule has 17 heteroatoms. The number of rotatable bonds is 9. The second-order valence-corrected chi connectivity index (χ2v) is 10.7. The van der Waals surface area contributed by atoms with Crippen molar-refractivity contribution in [3.63, 3.8) is 0 Å². The largest absolute Gasteiger partial charge is 0.465 e. The minimum Gasteiger partial charge on any atom is -0.465 e. The molecule has 2 aromatic rings. The Labute approximate surface area is 241 Å². The van der Waals surface area contributed by atoms with Crippen LogP contribution in [0.15, 0.2) is 23.5 Å². The number of alkyl halides is 2. The van der Waals surface area contributed by atoms with Crippen molar-refractivity contribution in [3.05, 3.63) is 35.8 Å². The molecule has 2 saturated heterocycles. The Morgan fingerprint density at radius 2 is 1.84 bits per heavy atom. The van der Waals surface area contributed by atoms with Gasteiger partial charge in [0.2, 0.25) is 0 Å². The van der Waals surface area contributed by atoms with E-state index in [2.05, 4.69) is 15.5 Å². The number of hydrogen-bond donors (Lipinski definition) is 3. The number of hydrogen-bond acceptors (Lipinski definition) is 9. The van der Waals surface area contributed by atoms with E-state index in [0.717, 1.165) is 10.4 Å². The molecule has 0 radical (unpaired) electrons. The van der Waals surface area contributed by atoms with Crippen molar-refractivity contribution in [3.8, 4) is 11.3 Å². The molecule has 3 N–H and O–H groups in total. The van der Waals surface area contributed by atoms with Crippen LogP contribution in [-0.2, 0) is 14.3 Å². The zero-order valence-electron chi connectivity index (χ0n) is 22.6. The molecule has 3 aliphatic rings. The molecule has 1 unspecified atom stereocenters. The third-order valence-corrected chi connectivity index (χ3v) is 7.96. The fourth-order valence-electron chi connectivity index (χ4n) is 5.79. The van der Waals surface area contributed by atoms with Crippen molar-refractivity contribution in [1.29, 1.82) is 0 Å². The number of halogens is 5. The molecule has 0 aliphatic carbocycles. The van der Waals surface area contributed by atoms with Gasteiger partial charge in [-0.25, -0.2) is 31.4 Å². The third kappa shape index (κ3) is 6.73. The maximum Gasteiger partial charge on any atom is 0.407 e. The first-order valence-corrected chi connectivity index (χ1v) is 13.7. The van der Waals surface area contributed by atoms with Gasteiger partial charge < -0.3 is 34.5 Å². The highest BCUT2D eigenvalue weighted by Gasteiger charge is 2.49. The highest BCUT2D eigenvalue weighted by Crippen LogP contribution is 2.37. The predicted octanol–water partition coefficient (Wildman–Crippen LogP) is 2.60. The summed E-state index contributed by atoms with van der Waals surface area (Å²) in [6, 6.07) is 0.170. The number of benzene rings is 1. The molecular formula is C26H30F5N5O7. The van der Waals surface area contributed by atoms with Crippen LogP contribution in [0.1, 0.15) is 31.7 Å². The van der Waals surface area contributed by atoms with E-state index in [1.807, 2.05) is 0 Å². The number of piperidine rings is 1. The Morgan fingerprint density at radius 1 is 1.14 bits per heavy atom. The highest BCUT2D eigenvalue weighted by molar-refractivity contribution is 5.88. The second-order valence-electron chi connectivity index (χ2n) is 10.7. The van der Waals surface area contributed by atoms with E-state index in [1.54, 1.807) is 0 Å². The van der Waals surface area contributed by atoms with Gasteiger partial charge in [-0.05, 0) is 25.0 Å². The monoisotopic (exact) mass is 619 g/mol. The van der Waals surface area contributed by atoms with Gasteiger partial charge >= 0.3 is 6.09 Å². The minimum atomic E-state index is -2.88. The van der Waals surface area contributed by atoms with Gasteiger partial charge in [0, 0.05) is 37.4 Å². The lowest BCUT2D eigenvalue weighted by Crippen LogP contribution is -2.57. The van der Waals surface area contributed by atoms with E-state index in [4.69, 9.17) is 14.3 Å². The van der Waals surface area contributed by atoms with E-state index in [-0.39, 0.29) is 23.6 Å². The van der Waals surface area contributed by atoms with Gasteiger partial charge in [-0.2, -0.15) is 0 Å². The van der Waals surface area contributed by atoms with Crippen LogP contribution in [0, 0.1) is 23.4 Å². The van der Waals surface area contributed by atoms with E-state index >= 15 is 0 Å². The molecule has 0 saturated carbocycles. The molecule has 5 rings (SSSR count). The molecular weight excluding hydrogens is 589 g/mol. The van der Waals surface area contributed by atoms with Crippen LogP contribution in [0.3, 0.4) is 0 Å². The summed E-state index contributed by atoms with van der Waals surface area (Å²) in [5, 5.41) is 42.1. The number of likely N-dealkylation sites (tertiary alicyclic amines) is 1. The number of ether oxygens (including phenoxy) is 2. The Balaban J connectivity index is 1.35. The Hall–Kier alpha value is -3.41. The molecule has 1 aromatic heterocycles. The van der Waals surface area contributed by atoms with Crippen molar-refractivity contribution in [1.82, 2.24) is 19.9 Å². The SMILES string of the molecule is O=C(O)N1CCC(C2=NOC(C[C@H]3O[C@H](CO)[C@H](O)[C@H](n4cc(-c5cc(F)c(F)c(F)c5)nn4)[C@H]3OCC(F)F)C2)CC1. The second kappa shape index (κ2) is 13.1. The van der Waals surface area contributed by atoms with Gasteiger partial charge in [-0.15, -0.1) is 5.10 Å². The maximum atomic E-state index is 13.8. The molecule has 1 aromatic carbocycles. The zero-order chi connectivity index (χ0) is 30.8. The topological polar surface area (TPSA) is 152 Å². The lowest BCUT2D eigenvalue weighted by molar-refractivity contribution is -0.230. The molecule has 1 amide bonds. The van der Waals surface area contributed by atoms with Crippen molar-refractivity contribution in [2.24, 2.45) is 11.1 Å². The zero-order valence-corrected chi connectivity index (χ0v) is 22.6. The van der Waals surface area contributed by atoms with Crippen molar-refractivity contribution in [2.45, 2.75) is 68.7 Å². The number of aliphatic hydroxyl groups is 2. The third-order valence-electron chi connectivity index (χ3n) is 7.96. The summed E-state index contributed by atoms with van der Waals surface area (Å²) in [5.74, 6) is -4.58. The van der Waals surface area contributed by atoms with Crippen LogP contribution in [0.2, 0.25) is 0 Å². The molecule has 0 bridgehead atoms. The van der Waals surface area contributed by atoms with Crippen LogP contribution >= 0.6 is 0 Å². The van der Waals surface area contributed by atoms with Crippen LogP contribution in [0.5, 0.6) is 0 Å². The average molecular weight is 620 g/mol. The van der Waals surface area contributed by atoms with Gasteiger partial charge in [-0.1, -0.05) is 10.4 Å². The quantitative estimate of drug-likeness (QED) is 0.284. The summed E-state index contributed by atoms with van der Waals surface area (Å²) < 4.78 is 80.1. The predicted molar refractivity (Wildman–Crippen MR) is 136 cm³/mol. The van der Waals surface area contributed by atoms with E-state index in [9.17, 15) is 42.1 Å². The number of carboxylic acid groups (broad SMARTS) is 1. The van der Waals surface area contributed by atoms with E-state index < -0.39 is 79.7 Å². The van der Waals surface area contributed by atoms with Gasteiger partial charge in [0.1, 0.15) is 42.8 Å². The van der Waals surface area contributed by atoms with Gasteiger partial charge in [-0.3, -0.25) is 0 Å². The fraction of sp³-hybridized carbons (Fsp3) is 0.615. The van der Waals surface area contributed by atoms with Crippen LogP contribution in [0.4, 0.5) is 26.7 Å². The molecule has 12 nitrogen and oxygen atoms in total. The van der Waals surface area contributed by atoms with Crippen molar-refractivity contribution < 1.29 is 56.4 Å². The first-order valence-electron chi connectivity index (χ1n) is 13.7. The number of oxime groups is 1. The Bertz CT molecular complexity index is 1300. The maximum absolute atomic E-state index is 13.8. The number of amides is 1. The molecule has 236 valence electrons. The Kier molecular flexibility index (Phi) is 9.43. The number of aromatic nitrogens is 3. The number of aliphatic hydroxyl groups excluding tert-OH is 2. The van der Waals surface area contributed by atoms with E-state index in [0.29, 0.717) is 44.5 Å². The van der Waals surface area contributed by atoms with Gasteiger partial charge in [0.15, 0.2) is 17.5 Å². The first kappa shape index (κ1) is 31.0. The summed E-state index contributed by atoms with van der Waals surface area (Å²) in [4.78, 5) is 18.1. The van der Waals surface area contributed by atoms with E-state index in [1.165, 1.54) is 11.1 Å². The molecule has 3 aliphatic heterocycles.